The predicted molar refractivity (Wildman–Crippen MR) is 119 cm³/mol. The smallest absolute Gasteiger partial charge is 0.195 e. The maximum absolute atomic E-state index is 14.1. The Labute approximate surface area is 177 Å². The number of benzene rings is 2. The van der Waals surface area contributed by atoms with Gasteiger partial charge in [-0.15, -0.1) is 24.0 Å². The van der Waals surface area contributed by atoms with E-state index in [-0.39, 0.29) is 29.8 Å². The first-order valence-corrected chi connectivity index (χ1v) is 8.36. The molecule has 0 fully saturated rings. The van der Waals surface area contributed by atoms with Crippen LogP contribution in [-0.4, -0.2) is 33.8 Å². The summed E-state index contributed by atoms with van der Waals surface area (Å²) in [7, 11) is 4.87. The molecule has 0 aliphatic heterocycles. The molecule has 2 N–H and O–H groups in total. The highest BCUT2D eigenvalue weighted by molar-refractivity contribution is 14.0. The summed E-state index contributed by atoms with van der Waals surface area (Å²) in [5.41, 5.74) is 1.06. The van der Waals surface area contributed by atoms with Crippen molar-refractivity contribution in [3.63, 3.8) is 0 Å². The maximum atomic E-state index is 14.1. The number of anilines is 1. The summed E-state index contributed by atoms with van der Waals surface area (Å²) in [6.45, 7) is 4.49. The van der Waals surface area contributed by atoms with Gasteiger partial charge in [-0.1, -0.05) is 32.0 Å². The van der Waals surface area contributed by atoms with Crippen molar-refractivity contribution in [2.24, 2.45) is 4.99 Å². The first-order valence-electron chi connectivity index (χ1n) is 8.36. The van der Waals surface area contributed by atoms with Crippen LogP contribution in [0.5, 0.6) is 11.5 Å². The van der Waals surface area contributed by atoms with Gasteiger partial charge in [-0.25, -0.2) is 4.39 Å². The molecule has 0 saturated carbocycles. The Morgan fingerprint density at radius 2 is 1.74 bits per heavy atom. The van der Waals surface area contributed by atoms with Crippen molar-refractivity contribution in [2.75, 3.05) is 33.1 Å². The largest absolute Gasteiger partial charge is 0.493 e. The minimum absolute atomic E-state index is 0. The number of aliphatic imine (C=N–C) groups is 1. The zero-order chi connectivity index (χ0) is 19.2. The summed E-state index contributed by atoms with van der Waals surface area (Å²) in [5.74, 6) is 1.66. The number of ether oxygens (including phenoxy) is 2. The molecular formula is C20H27FIN3O2. The third-order valence-electron chi connectivity index (χ3n) is 4.17. The third-order valence-corrected chi connectivity index (χ3v) is 4.17. The van der Waals surface area contributed by atoms with Crippen molar-refractivity contribution >= 4 is 35.6 Å². The van der Waals surface area contributed by atoms with E-state index >= 15 is 0 Å². The molecule has 0 aliphatic rings. The molecule has 27 heavy (non-hydrogen) atoms. The van der Waals surface area contributed by atoms with Crippen LogP contribution in [0.1, 0.15) is 19.4 Å². The average Bonchev–Trinajstić information content (AvgIpc) is 2.65. The van der Waals surface area contributed by atoms with Gasteiger partial charge < -0.3 is 20.1 Å². The number of halogens is 2. The van der Waals surface area contributed by atoms with Gasteiger partial charge in [-0.3, -0.25) is 4.99 Å². The van der Waals surface area contributed by atoms with Gasteiger partial charge in [0.15, 0.2) is 17.5 Å². The molecule has 0 saturated heterocycles. The van der Waals surface area contributed by atoms with Gasteiger partial charge in [-0.2, -0.15) is 0 Å². The van der Waals surface area contributed by atoms with E-state index in [1.165, 1.54) is 6.07 Å². The number of hydrogen-bond donors (Lipinski definition) is 2. The summed E-state index contributed by atoms with van der Waals surface area (Å²) in [4.78, 5) is 4.23. The summed E-state index contributed by atoms with van der Waals surface area (Å²) in [6, 6.07) is 12.3. The lowest BCUT2D eigenvalue weighted by Crippen LogP contribution is -2.40. The second-order valence-corrected chi connectivity index (χ2v) is 6.48. The molecule has 5 nitrogen and oxygen atoms in total. The van der Waals surface area contributed by atoms with Gasteiger partial charge in [0.1, 0.15) is 5.82 Å². The van der Waals surface area contributed by atoms with Crippen LogP contribution in [0, 0.1) is 5.82 Å². The highest BCUT2D eigenvalue weighted by Crippen LogP contribution is 2.30. The summed E-state index contributed by atoms with van der Waals surface area (Å²) in [5, 5.41) is 6.45. The van der Waals surface area contributed by atoms with E-state index in [9.17, 15) is 4.39 Å². The Balaban J connectivity index is 0.00000364. The minimum Gasteiger partial charge on any atom is -0.493 e. The fourth-order valence-corrected chi connectivity index (χ4v) is 2.64. The fourth-order valence-electron chi connectivity index (χ4n) is 2.64. The van der Waals surface area contributed by atoms with E-state index in [1.54, 1.807) is 27.3 Å². The predicted octanol–water partition coefficient (Wildman–Crippen LogP) is 4.43. The number of nitrogens with zero attached hydrogens (tertiary/aromatic N) is 1. The van der Waals surface area contributed by atoms with Gasteiger partial charge in [0.2, 0.25) is 0 Å². The molecule has 0 heterocycles. The normalized spacial score (nSPS) is 11.4. The minimum atomic E-state index is -0.402. The van der Waals surface area contributed by atoms with Gasteiger partial charge in [0.25, 0.3) is 0 Å². The molecule has 0 aromatic heterocycles. The van der Waals surface area contributed by atoms with Crippen LogP contribution >= 0.6 is 24.0 Å². The third kappa shape index (κ3) is 5.98. The molecule has 0 amide bonds. The summed E-state index contributed by atoms with van der Waals surface area (Å²) in [6.07, 6.45) is 0. The topological polar surface area (TPSA) is 54.9 Å². The van der Waals surface area contributed by atoms with E-state index in [0.717, 1.165) is 5.69 Å². The second kappa shape index (κ2) is 10.3. The number of nitrogens with one attached hydrogen (secondary N) is 2. The zero-order valence-electron chi connectivity index (χ0n) is 16.3. The lowest BCUT2D eigenvalue weighted by molar-refractivity contribution is 0.355. The molecule has 7 heteroatoms. The SMILES string of the molecule is CN=C(NCC(C)(C)c1ccccc1F)Nc1ccc(OC)c(OC)c1.I. The molecule has 2 aromatic rings. The molecule has 148 valence electrons. The van der Waals surface area contributed by atoms with Crippen molar-refractivity contribution in [2.45, 2.75) is 19.3 Å². The Hall–Kier alpha value is -2.03. The standard InChI is InChI=1S/C20H26FN3O2.HI/c1-20(2,15-8-6-7-9-16(15)21)13-23-19(22-3)24-14-10-11-17(25-4)18(12-14)26-5;/h6-12H,13H2,1-5H3,(H2,22,23,24);1H. The summed E-state index contributed by atoms with van der Waals surface area (Å²) < 4.78 is 24.6. The average molecular weight is 487 g/mol. The molecule has 0 radical (unpaired) electrons. The van der Waals surface area contributed by atoms with E-state index in [1.807, 2.05) is 44.2 Å². The number of hydrogen-bond acceptors (Lipinski definition) is 3. The van der Waals surface area contributed by atoms with Crippen LogP contribution in [0.25, 0.3) is 0 Å². The number of methoxy groups -OCH3 is 2. The Kier molecular flexibility index (Phi) is 8.81. The Morgan fingerprint density at radius 1 is 1.07 bits per heavy atom. The van der Waals surface area contributed by atoms with E-state index in [4.69, 9.17) is 9.47 Å². The van der Waals surface area contributed by atoms with E-state index in [2.05, 4.69) is 15.6 Å². The quantitative estimate of drug-likeness (QED) is 0.360. The first-order chi connectivity index (χ1) is 12.4. The first kappa shape index (κ1) is 23.0. The molecular weight excluding hydrogens is 460 g/mol. The van der Waals surface area contributed by atoms with Crippen molar-refractivity contribution in [3.05, 3.63) is 53.8 Å². The van der Waals surface area contributed by atoms with Crippen molar-refractivity contribution < 1.29 is 13.9 Å². The van der Waals surface area contributed by atoms with E-state index in [0.29, 0.717) is 29.6 Å². The highest BCUT2D eigenvalue weighted by Gasteiger charge is 2.24. The Morgan fingerprint density at radius 3 is 2.33 bits per heavy atom. The highest BCUT2D eigenvalue weighted by atomic mass is 127. The van der Waals surface area contributed by atoms with Crippen LogP contribution in [0.2, 0.25) is 0 Å². The zero-order valence-corrected chi connectivity index (χ0v) is 18.6. The lowest BCUT2D eigenvalue weighted by atomic mass is 9.84. The van der Waals surface area contributed by atoms with Crippen LogP contribution < -0.4 is 20.1 Å². The van der Waals surface area contributed by atoms with Crippen molar-refractivity contribution in [1.29, 1.82) is 0 Å². The molecule has 0 spiro atoms. The van der Waals surface area contributed by atoms with Gasteiger partial charge in [-0.05, 0) is 23.8 Å². The van der Waals surface area contributed by atoms with Crippen molar-refractivity contribution in [1.82, 2.24) is 5.32 Å². The molecule has 2 aromatic carbocycles. The molecule has 0 atom stereocenters. The maximum Gasteiger partial charge on any atom is 0.195 e. The van der Waals surface area contributed by atoms with Crippen LogP contribution in [0.15, 0.2) is 47.5 Å². The number of rotatable bonds is 6. The molecule has 2 rings (SSSR count). The van der Waals surface area contributed by atoms with E-state index < -0.39 is 5.41 Å². The monoisotopic (exact) mass is 487 g/mol. The van der Waals surface area contributed by atoms with Crippen LogP contribution in [0.3, 0.4) is 0 Å². The van der Waals surface area contributed by atoms with Gasteiger partial charge in [0, 0.05) is 30.8 Å². The second-order valence-electron chi connectivity index (χ2n) is 6.48. The van der Waals surface area contributed by atoms with Gasteiger partial charge >= 0.3 is 0 Å². The Bertz CT molecular complexity index is 782. The molecule has 0 unspecified atom stereocenters. The van der Waals surface area contributed by atoms with Crippen LogP contribution in [0.4, 0.5) is 10.1 Å². The van der Waals surface area contributed by atoms with Gasteiger partial charge in [0.05, 0.1) is 14.2 Å². The lowest BCUT2D eigenvalue weighted by Gasteiger charge is -2.27. The fraction of sp³-hybridized carbons (Fsp3) is 0.350. The molecule has 0 aliphatic carbocycles. The van der Waals surface area contributed by atoms with Crippen LogP contribution in [-0.2, 0) is 5.41 Å². The molecule has 0 bridgehead atoms. The summed E-state index contributed by atoms with van der Waals surface area (Å²) >= 11 is 0. The number of guanidine groups is 1. The van der Waals surface area contributed by atoms with Crippen molar-refractivity contribution in [3.8, 4) is 11.5 Å².